The zero-order valence-electron chi connectivity index (χ0n) is 9.77. The SMILES string of the molecule is OCCOCCN1CCCN2CCCN=C21. The van der Waals surface area contributed by atoms with Gasteiger partial charge in [-0.15, -0.1) is 0 Å². The molecule has 0 unspecified atom stereocenters. The van der Waals surface area contributed by atoms with Crippen LogP contribution in [0.5, 0.6) is 0 Å². The molecule has 2 aliphatic heterocycles. The van der Waals surface area contributed by atoms with Crippen molar-refractivity contribution in [2.75, 3.05) is 52.5 Å². The predicted molar refractivity (Wildman–Crippen MR) is 62.6 cm³/mol. The normalized spacial score (nSPS) is 20.7. The van der Waals surface area contributed by atoms with E-state index in [2.05, 4.69) is 14.8 Å². The van der Waals surface area contributed by atoms with Crippen LogP contribution in [0.25, 0.3) is 0 Å². The molecule has 2 rings (SSSR count). The van der Waals surface area contributed by atoms with Crippen molar-refractivity contribution in [2.45, 2.75) is 12.8 Å². The highest BCUT2D eigenvalue weighted by atomic mass is 16.5. The van der Waals surface area contributed by atoms with E-state index < -0.39 is 0 Å². The van der Waals surface area contributed by atoms with E-state index in [4.69, 9.17) is 9.84 Å². The van der Waals surface area contributed by atoms with Gasteiger partial charge in [0.2, 0.25) is 0 Å². The molecule has 0 aliphatic carbocycles. The van der Waals surface area contributed by atoms with E-state index in [9.17, 15) is 0 Å². The Kier molecular flexibility index (Phi) is 4.42. The van der Waals surface area contributed by atoms with Gasteiger partial charge < -0.3 is 19.6 Å². The van der Waals surface area contributed by atoms with Gasteiger partial charge in [-0.2, -0.15) is 0 Å². The standard InChI is InChI=1S/C11H21N3O2/c15-8-10-16-9-7-14-6-2-5-13-4-1-3-12-11(13)14/h15H,1-10H2. The van der Waals surface area contributed by atoms with Crippen molar-refractivity contribution in [3.63, 3.8) is 0 Å². The first-order valence-electron chi connectivity index (χ1n) is 6.15. The minimum absolute atomic E-state index is 0.104. The van der Waals surface area contributed by atoms with Gasteiger partial charge in [0, 0.05) is 32.7 Å². The molecule has 0 amide bonds. The van der Waals surface area contributed by atoms with Crippen molar-refractivity contribution in [3.05, 3.63) is 0 Å². The van der Waals surface area contributed by atoms with Crippen LogP contribution in [0.1, 0.15) is 12.8 Å². The van der Waals surface area contributed by atoms with E-state index in [-0.39, 0.29) is 6.61 Å². The van der Waals surface area contributed by atoms with Crippen molar-refractivity contribution >= 4 is 5.96 Å². The van der Waals surface area contributed by atoms with E-state index in [1.165, 1.54) is 12.8 Å². The molecule has 0 saturated carbocycles. The molecular formula is C11H21N3O2. The maximum atomic E-state index is 8.62. The summed E-state index contributed by atoms with van der Waals surface area (Å²) in [6, 6.07) is 0. The summed E-state index contributed by atoms with van der Waals surface area (Å²) in [7, 11) is 0. The van der Waals surface area contributed by atoms with Gasteiger partial charge in [-0.05, 0) is 12.8 Å². The maximum Gasteiger partial charge on any atom is 0.196 e. The molecule has 2 heterocycles. The van der Waals surface area contributed by atoms with Gasteiger partial charge in [0.15, 0.2) is 5.96 Å². The third-order valence-corrected chi connectivity index (χ3v) is 3.00. The minimum atomic E-state index is 0.104. The number of aliphatic imine (C=N–C) groups is 1. The molecule has 0 bridgehead atoms. The van der Waals surface area contributed by atoms with Gasteiger partial charge >= 0.3 is 0 Å². The fourth-order valence-electron chi connectivity index (χ4n) is 2.26. The molecule has 5 nitrogen and oxygen atoms in total. The molecule has 0 aromatic rings. The highest BCUT2D eigenvalue weighted by Gasteiger charge is 2.24. The Morgan fingerprint density at radius 3 is 2.94 bits per heavy atom. The van der Waals surface area contributed by atoms with Gasteiger partial charge in [0.05, 0.1) is 19.8 Å². The Labute approximate surface area is 96.7 Å². The lowest BCUT2D eigenvalue weighted by Crippen LogP contribution is -2.53. The Hall–Kier alpha value is -0.810. The van der Waals surface area contributed by atoms with Gasteiger partial charge in [-0.25, -0.2) is 0 Å². The molecular weight excluding hydrogens is 206 g/mol. The van der Waals surface area contributed by atoms with Crippen molar-refractivity contribution < 1.29 is 9.84 Å². The molecule has 1 saturated heterocycles. The molecule has 0 spiro atoms. The second-order valence-electron chi connectivity index (χ2n) is 4.20. The second-order valence-corrected chi connectivity index (χ2v) is 4.20. The zero-order chi connectivity index (χ0) is 11.2. The van der Waals surface area contributed by atoms with Crippen molar-refractivity contribution in [3.8, 4) is 0 Å². The summed E-state index contributed by atoms with van der Waals surface area (Å²) in [5.74, 6) is 1.16. The van der Waals surface area contributed by atoms with Crippen LogP contribution >= 0.6 is 0 Å². The number of aliphatic hydroxyl groups excluding tert-OH is 1. The van der Waals surface area contributed by atoms with Gasteiger partial charge in [0.1, 0.15) is 0 Å². The number of fused-ring (bicyclic) bond motifs is 1. The summed E-state index contributed by atoms with van der Waals surface area (Å²) in [5.41, 5.74) is 0. The molecule has 0 radical (unpaired) electrons. The highest BCUT2D eigenvalue weighted by molar-refractivity contribution is 5.81. The van der Waals surface area contributed by atoms with Crippen LogP contribution in [0.15, 0.2) is 4.99 Å². The number of hydrogen-bond acceptors (Lipinski definition) is 5. The summed E-state index contributed by atoms with van der Waals surface area (Å²) in [5, 5.41) is 8.62. The monoisotopic (exact) mass is 227 g/mol. The molecule has 1 fully saturated rings. The molecule has 0 aromatic heterocycles. The molecule has 1 N–H and O–H groups in total. The van der Waals surface area contributed by atoms with Crippen LogP contribution in [0.4, 0.5) is 0 Å². The summed E-state index contributed by atoms with van der Waals surface area (Å²) in [4.78, 5) is 9.27. The number of nitrogens with zero attached hydrogens (tertiary/aromatic N) is 3. The molecule has 5 heteroatoms. The van der Waals surface area contributed by atoms with Crippen LogP contribution in [-0.4, -0.2) is 73.4 Å². The number of guanidine groups is 1. The smallest absolute Gasteiger partial charge is 0.196 e. The van der Waals surface area contributed by atoms with Gasteiger partial charge in [-0.1, -0.05) is 0 Å². The molecule has 0 atom stereocenters. The summed E-state index contributed by atoms with van der Waals surface area (Å²) in [6.07, 6.45) is 2.39. The first kappa shape index (κ1) is 11.7. The molecule has 16 heavy (non-hydrogen) atoms. The number of rotatable bonds is 5. The lowest BCUT2D eigenvalue weighted by atomic mass is 10.2. The first-order chi connectivity index (χ1) is 7.92. The van der Waals surface area contributed by atoms with Crippen LogP contribution in [0.3, 0.4) is 0 Å². The first-order valence-corrected chi connectivity index (χ1v) is 6.15. The summed E-state index contributed by atoms with van der Waals surface area (Å²) < 4.78 is 5.30. The van der Waals surface area contributed by atoms with E-state index in [0.717, 1.165) is 38.7 Å². The van der Waals surface area contributed by atoms with Crippen molar-refractivity contribution in [1.82, 2.24) is 9.80 Å². The minimum Gasteiger partial charge on any atom is -0.394 e. The summed E-state index contributed by atoms with van der Waals surface area (Å²) >= 11 is 0. The average Bonchev–Trinajstić information content (AvgIpc) is 2.35. The number of aliphatic hydroxyl groups is 1. The fourth-order valence-corrected chi connectivity index (χ4v) is 2.26. The van der Waals surface area contributed by atoms with E-state index in [0.29, 0.717) is 13.2 Å². The Morgan fingerprint density at radius 1 is 1.19 bits per heavy atom. The second kappa shape index (κ2) is 6.06. The molecule has 2 aliphatic rings. The Morgan fingerprint density at radius 2 is 2.06 bits per heavy atom. The highest BCUT2D eigenvalue weighted by Crippen LogP contribution is 2.13. The quantitative estimate of drug-likeness (QED) is 0.659. The lowest BCUT2D eigenvalue weighted by molar-refractivity contribution is 0.0790. The van der Waals surface area contributed by atoms with Gasteiger partial charge in [-0.3, -0.25) is 4.99 Å². The predicted octanol–water partition coefficient (Wildman–Crippen LogP) is -0.237. The zero-order valence-corrected chi connectivity index (χ0v) is 9.77. The van der Waals surface area contributed by atoms with E-state index in [1.54, 1.807) is 0 Å². The number of hydrogen-bond donors (Lipinski definition) is 1. The Bertz CT molecular complexity index is 245. The van der Waals surface area contributed by atoms with Crippen molar-refractivity contribution in [2.24, 2.45) is 4.99 Å². The third-order valence-electron chi connectivity index (χ3n) is 3.00. The van der Waals surface area contributed by atoms with Crippen LogP contribution in [0.2, 0.25) is 0 Å². The third kappa shape index (κ3) is 2.86. The Balaban J connectivity index is 1.80. The lowest BCUT2D eigenvalue weighted by Gasteiger charge is -2.41. The maximum absolute atomic E-state index is 8.62. The fraction of sp³-hybridized carbons (Fsp3) is 0.909. The van der Waals surface area contributed by atoms with Crippen molar-refractivity contribution in [1.29, 1.82) is 0 Å². The van der Waals surface area contributed by atoms with Crippen LogP contribution in [0, 0.1) is 0 Å². The van der Waals surface area contributed by atoms with Crippen LogP contribution < -0.4 is 0 Å². The number of ether oxygens (including phenoxy) is 1. The molecule has 92 valence electrons. The van der Waals surface area contributed by atoms with Crippen LogP contribution in [-0.2, 0) is 4.74 Å². The topological polar surface area (TPSA) is 48.3 Å². The van der Waals surface area contributed by atoms with E-state index >= 15 is 0 Å². The van der Waals surface area contributed by atoms with E-state index in [1.807, 2.05) is 0 Å². The molecule has 0 aromatic carbocycles. The average molecular weight is 227 g/mol. The van der Waals surface area contributed by atoms with Gasteiger partial charge in [0.25, 0.3) is 0 Å². The largest absolute Gasteiger partial charge is 0.394 e. The summed E-state index contributed by atoms with van der Waals surface area (Å²) in [6.45, 7) is 6.43.